The Balaban J connectivity index is 2.26. The third-order valence-electron chi connectivity index (χ3n) is 2.50. The molecular weight excluding hydrogens is 336 g/mol. The maximum atomic E-state index is 13.6. The van der Waals surface area contributed by atoms with Crippen molar-refractivity contribution in [3.05, 3.63) is 62.4 Å². The third kappa shape index (κ3) is 3.08. The summed E-state index contributed by atoms with van der Waals surface area (Å²) in [5.41, 5.74) is -0.480. The molecule has 0 aliphatic carbocycles. The molecular formula is C12H8BrF2N3O2. The first-order valence-electron chi connectivity index (χ1n) is 5.45. The van der Waals surface area contributed by atoms with E-state index in [0.717, 1.165) is 16.6 Å². The van der Waals surface area contributed by atoms with E-state index in [-0.39, 0.29) is 6.54 Å². The summed E-state index contributed by atoms with van der Waals surface area (Å²) < 4.78 is 27.5. The van der Waals surface area contributed by atoms with Gasteiger partial charge in [-0.2, -0.15) is 0 Å². The smallest absolute Gasteiger partial charge is 0.295 e. The van der Waals surface area contributed by atoms with Gasteiger partial charge in [0, 0.05) is 16.7 Å². The molecule has 0 aliphatic rings. The molecule has 1 aromatic heterocycles. The van der Waals surface area contributed by atoms with Crippen LogP contribution in [-0.4, -0.2) is 9.91 Å². The van der Waals surface area contributed by atoms with Crippen molar-refractivity contribution in [2.75, 3.05) is 5.32 Å². The van der Waals surface area contributed by atoms with Crippen LogP contribution in [0.15, 0.2) is 34.9 Å². The molecule has 5 nitrogen and oxygen atoms in total. The van der Waals surface area contributed by atoms with Gasteiger partial charge in [0.1, 0.15) is 0 Å². The fourth-order valence-corrected chi connectivity index (χ4v) is 1.79. The Labute approximate surface area is 120 Å². The number of hydrogen-bond donors (Lipinski definition) is 1. The van der Waals surface area contributed by atoms with Gasteiger partial charge in [0.25, 0.3) is 5.69 Å². The molecule has 20 heavy (non-hydrogen) atoms. The highest BCUT2D eigenvalue weighted by atomic mass is 79.9. The molecule has 1 heterocycles. The molecule has 0 amide bonds. The van der Waals surface area contributed by atoms with Gasteiger partial charge in [-0.1, -0.05) is 0 Å². The summed E-state index contributed by atoms with van der Waals surface area (Å²) in [7, 11) is 0. The predicted molar refractivity (Wildman–Crippen MR) is 72.3 cm³/mol. The molecule has 2 rings (SSSR count). The monoisotopic (exact) mass is 343 g/mol. The van der Waals surface area contributed by atoms with E-state index in [2.05, 4.69) is 26.2 Å². The van der Waals surface area contributed by atoms with Crippen molar-refractivity contribution >= 4 is 27.3 Å². The first-order chi connectivity index (χ1) is 9.49. The molecule has 2 aromatic rings. The van der Waals surface area contributed by atoms with Gasteiger partial charge in [-0.15, -0.1) is 0 Å². The van der Waals surface area contributed by atoms with E-state index in [1.54, 1.807) is 12.1 Å². The van der Waals surface area contributed by atoms with Gasteiger partial charge in [-0.25, -0.2) is 8.78 Å². The molecule has 0 spiro atoms. The lowest BCUT2D eigenvalue weighted by Gasteiger charge is -2.08. The normalized spacial score (nSPS) is 10.3. The second kappa shape index (κ2) is 5.91. The largest absolute Gasteiger partial charge is 0.371 e. The van der Waals surface area contributed by atoms with E-state index in [0.29, 0.717) is 5.69 Å². The summed E-state index contributed by atoms with van der Waals surface area (Å²) in [4.78, 5) is 14.0. The Hall–Kier alpha value is -2.09. The van der Waals surface area contributed by atoms with Crippen molar-refractivity contribution in [3.8, 4) is 0 Å². The minimum absolute atomic E-state index is 0.0362. The zero-order chi connectivity index (χ0) is 14.7. The fourth-order valence-electron chi connectivity index (χ4n) is 1.55. The van der Waals surface area contributed by atoms with Crippen molar-refractivity contribution in [3.63, 3.8) is 0 Å². The van der Waals surface area contributed by atoms with Crippen LogP contribution in [0.1, 0.15) is 5.69 Å². The van der Waals surface area contributed by atoms with Crippen LogP contribution in [0.3, 0.4) is 0 Å². The Kier molecular flexibility index (Phi) is 4.23. The van der Waals surface area contributed by atoms with Crippen LogP contribution in [0.25, 0.3) is 0 Å². The Morgan fingerprint density at radius 3 is 2.65 bits per heavy atom. The summed E-state index contributed by atoms with van der Waals surface area (Å²) in [6, 6.07) is 5.01. The van der Waals surface area contributed by atoms with E-state index in [9.17, 15) is 18.9 Å². The zero-order valence-corrected chi connectivity index (χ0v) is 11.5. The van der Waals surface area contributed by atoms with Gasteiger partial charge in [-0.05, 0) is 34.1 Å². The van der Waals surface area contributed by atoms with Gasteiger partial charge in [0.15, 0.2) is 17.3 Å². The molecule has 8 heteroatoms. The first kappa shape index (κ1) is 14.3. The summed E-state index contributed by atoms with van der Waals surface area (Å²) in [5, 5.41) is 13.3. The molecule has 0 aliphatic heterocycles. The van der Waals surface area contributed by atoms with E-state index in [1.165, 1.54) is 6.20 Å². The predicted octanol–water partition coefficient (Wildman–Crippen LogP) is 3.64. The fraction of sp³-hybridized carbons (Fsp3) is 0.0833. The molecule has 0 radical (unpaired) electrons. The maximum absolute atomic E-state index is 13.6. The van der Waals surface area contributed by atoms with Crippen LogP contribution in [0.4, 0.5) is 20.2 Å². The molecule has 0 saturated carbocycles. The zero-order valence-electron chi connectivity index (χ0n) is 9.94. The van der Waals surface area contributed by atoms with Gasteiger partial charge >= 0.3 is 0 Å². The average molecular weight is 344 g/mol. The number of pyridine rings is 1. The number of nitro groups is 1. The average Bonchev–Trinajstić information content (AvgIpc) is 2.42. The quantitative estimate of drug-likeness (QED) is 0.679. The molecule has 104 valence electrons. The minimum atomic E-state index is -1.28. The second-order valence-corrected chi connectivity index (χ2v) is 4.75. The number of aromatic nitrogens is 1. The number of nitrogens with zero attached hydrogens (tertiary/aromatic N) is 2. The van der Waals surface area contributed by atoms with Gasteiger partial charge in [0.05, 0.1) is 17.2 Å². The number of rotatable bonds is 4. The number of nitro benzene ring substituents is 1. The first-order valence-corrected chi connectivity index (χ1v) is 6.25. The number of nitrogens with one attached hydrogen (secondary N) is 1. The van der Waals surface area contributed by atoms with Crippen LogP contribution in [-0.2, 0) is 6.54 Å². The van der Waals surface area contributed by atoms with Crippen molar-refractivity contribution in [2.45, 2.75) is 6.54 Å². The summed E-state index contributed by atoms with van der Waals surface area (Å²) in [6.45, 7) is 0.0362. The van der Waals surface area contributed by atoms with E-state index in [4.69, 9.17) is 0 Å². The molecule has 1 N–H and O–H groups in total. The Morgan fingerprint density at radius 2 is 2.05 bits per heavy atom. The lowest BCUT2D eigenvalue weighted by Crippen LogP contribution is -2.07. The van der Waals surface area contributed by atoms with Crippen LogP contribution in [0.5, 0.6) is 0 Å². The highest BCUT2D eigenvalue weighted by Gasteiger charge is 2.21. The van der Waals surface area contributed by atoms with Crippen molar-refractivity contribution in [1.29, 1.82) is 0 Å². The van der Waals surface area contributed by atoms with Crippen LogP contribution >= 0.6 is 15.9 Å². The summed E-state index contributed by atoms with van der Waals surface area (Å²) >= 11 is 3.21. The summed E-state index contributed by atoms with van der Waals surface area (Å²) in [6.07, 6.45) is 1.54. The van der Waals surface area contributed by atoms with Crippen LogP contribution in [0.2, 0.25) is 0 Å². The Morgan fingerprint density at radius 1 is 1.30 bits per heavy atom. The molecule has 0 fully saturated rings. The van der Waals surface area contributed by atoms with Crippen LogP contribution < -0.4 is 5.32 Å². The van der Waals surface area contributed by atoms with Crippen molar-refractivity contribution < 1.29 is 13.7 Å². The third-order valence-corrected chi connectivity index (χ3v) is 2.97. The maximum Gasteiger partial charge on any atom is 0.295 e. The topological polar surface area (TPSA) is 68.1 Å². The standard InChI is InChI=1S/C12H8BrF2N3O2/c13-7-1-2-8(16-5-7)6-17-12-10(18(19)20)4-3-9(14)11(12)15/h1-5,17H,6H2. The molecule has 0 atom stereocenters. The van der Waals surface area contributed by atoms with Gasteiger partial charge < -0.3 is 5.32 Å². The van der Waals surface area contributed by atoms with Crippen LogP contribution in [0, 0.1) is 21.7 Å². The molecule has 1 aromatic carbocycles. The van der Waals surface area contributed by atoms with Crippen molar-refractivity contribution in [2.24, 2.45) is 0 Å². The van der Waals surface area contributed by atoms with Crippen molar-refractivity contribution in [1.82, 2.24) is 4.98 Å². The summed E-state index contributed by atoms with van der Waals surface area (Å²) in [5.74, 6) is -2.43. The number of benzene rings is 1. The second-order valence-electron chi connectivity index (χ2n) is 3.83. The molecule has 0 saturated heterocycles. The highest BCUT2D eigenvalue weighted by Crippen LogP contribution is 2.29. The number of anilines is 1. The van der Waals surface area contributed by atoms with E-state index in [1.807, 2.05) is 0 Å². The molecule has 0 unspecified atom stereocenters. The van der Waals surface area contributed by atoms with Gasteiger partial charge in [-0.3, -0.25) is 15.1 Å². The lowest BCUT2D eigenvalue weighted by atomic mass is 10.2. The Bertz CT molecular complexity index is 650. The lowest BCUT2D eigenvalue weighted by molar-refractivity contribution is -0.384. The van der Waals surface area contributed by atoms with Gasteiger partial charge in [0.2, 0.25) is 0 Å². The minimum Gasteiger partial charge on any atom is -0.371 e. The van der Waals surface area contributed by atoms with E-state index < -0.39 is 27.9 Å². The van der Waals surface area contributed by atoms with E-state index >= 15 is 0 Å². The number of halogens is 3. The molecule has 0 bridgehead atoms. The number of hydrogen-bond acceptors (Lipinski definition) is 4. The highest BCUT2D eigenvalue weighted by molar-refractivity contribution is 9.10. The SMILES string of the molecule is O=[N+]([O-])c1ccc(F)c(F)c1NCc1ccc(Br)cn1.